The fourth-order valence-corrected chi connectivity index (χ4v) is 3.16. The third-order valence-corrected chi connectivity index (χ3v) is 4.33. The van der Waals surface area contributed by atoms with Gasteiger partial charge in [0.1, 0.15) is 6.10 Å². The lowest BCUT2D eigenvalue weighted by Crippen LogP contribution is -2.42. The molecule has 0 radical (unpaired) electrons. The molecule has 3 rings (SSSR count). The molecule has 1 N–H and O–H groups in total. The highest BCUT2D eigenvalue weighted by atomic mass is 32.1. The van der Waals surface area contributed by atoms with Crippen LogP contribution in [0, 0.1) is 0 Å². The Morgan fingerprint density at radius 2 is 2.09 bits per heavy atom. The molecule has 0 spiro atoms. The molecule has 1 amide bonds. The third kappa shape index (κ3) is 3.03. The number of aromatic carboxylic acids is 1. The smallest absolute Gasteiger partial charge is 0.335 e. The Morgan fingerprint density at radius 1 is 1.27 bits per heavy atom. The van der Waals surface area contributed by atoms with Gasteiger partial charge in [-0.25, -0.2) is 4.79 Å². The van der Waals surface area contributed by atoms with Crippen LogP contribution >= 0.6 is 11.3 Å². The van der Waals surface area contributed by atoms with Gasteiger partial charge in [-0.3, -0.25) is 4.79 Å². The van der Waals surface area contributed by atoms with Gasteiger partial charge in [-0.2, -0.15) is 11.3 Å². The molecule has 0 aliphatic carbocycles. The lowest BCUT2D eigenvalue weighted by Gasteiger charge is -2.32. The molecule has 1 aromatic heterocycles. The summed E-state index contributed by atoms with van der Waals surface area (Å²) >= 11 is 1.60. The van der Waals surface area contributed by atoms with Gasteiger partial charge in [-0.15, -0.1) is 0 Å². The van der Waals surface area contributed by atoms with Crippen LogP contribution in [0.4, 0.5) is 0 Å². The predicted molar refractivity (Wildman–Crippen MR) is 82.3 cm³/mol. The van der Waals surface area contributed by atoms with Gasteiger partial charge in [0, 0.05) is 12.1 Å². The number of ether oxygens (including phenoxy) is 1. The summed E-state index contributed by atoms with van der Waals surface area (Å²) in [4.78, 5) is 25.3. The summed E-state index contributed by atoms with van der Waals surface area (Å²) in [5, 5.41) is 13.0. The molecule has 6 heteroatoms. The topological polar surface area (TPSA) is 66.8 Å². The fraction of sp³-hybridized carbons (Fsp3) is 0.250. The van der Waals surface area contributed by atoms with E-state index < -0.39 is 5.97 Å². The Hall–Kier alpha value is -2.18. The molecule has 1 atom stereocenters. The van der Waals surface area contributed by atoms with Crippen LogP contribution in [0.3, 0.4) is 0 Å². The van der Waals surface area contributed by atoms with E-state index in [1.165, 1.54) is 12.1 Å². The van der Waals surface area contributed by atoms with Crippen molar-refractivity contribution in [2.75, 3.05) is 19.7 Å². The van der Waals surface area contributed by atoms with Crippen molar-refractivity contribution in [2.24, 2.45) is 0 Å². The van der Waals surface area contributed by atoms with E-state index in [-0.39, 0.29) is 17.6 Å². The summed E-state index contributed by atoms with van der Waals surface area (Å²) in [7, 11) is 0. The number of hydrogen-bond donors (Lipinski definition) is 1. The Morgan fingerprint density at radius 3 is 2.82 bits per heavy atom. The second kappa shape index (κ2) is 6.29. The van der Waals surface area contributed by atoms with Crippen molar-refractivity contribution in [2.45, 2.75) is 6.10 Å². The maximum absolute atomic E-state index is 12.6. The van der Waals surface area contributed by atoms with Gasteiger partial charge < -0.3 is 14.7 Å². The summed E-state index contributed by atoms with van der Waals surface area (Å²) in [5.74, 6) is -1.19. The Bertz CT molecular complexity index is 683. The zero-order chi connectivity index (χ0) is 15.5. The Balaban J connectivity index is 1.77. The number of hydrogen-bond acceptors (Lipinski definition) is 4. The second-order valence-electron chi connectivity index (χ2n) is 5.05. The summed E-state index contributed by atoms with van der Waals surface area (Å²) in [5.41, 5.74) is 1.58. The largest absolute Gasteiger partial charge is 0.478 e. The van der Waals surface area contributed by atoms with Crippen molar-refractivity contribution in [1.82, 2.24) is 4.90 Å². The molecular formula is C16H15NO4S. The summed E-state index contributed by atoms with van der Waals surface area (Å²) in [6, 6.07) is 8.12. The first-order valence-electron chi connectivity index (χ1n) is 6.91. The number of carboxylic acid groups (broad SMARTS) is 1. The minimum Gasteiger partial charge on any atom is -0.478 e. The summed E-state index contributed by atoms with van der Waals surface area (Å²) in [6.07, 6.45) is -0.119. The summed E-state index contributed by atoms with van der Waals surface area (Å²) < 4.78 is 5.72. The first-order chi connectivity index (χ1) is 10.6. The van der Waals surface area contributed by atoms with E-state index in [4.69, 9.17) is 9.84 Å². The van der Waals surface area contributed by atoms with E-state index in [1.807, 2.05) is 16.8 Å². The quantitative estimate of drug-likeness (QED) is 0.945. The first-order valence-corrected chi connectivity index (χ1v) is 7.86. The molecule has 0 saturated carbocycles. The molecule has 0 bridgehead atoms. The minimum atomic E-state index is -1.03. The van der Waals surface area contributed by atoms with E-state index >= 15 is 0 Å². The van der Waals surface area contributed by atoms with Crippen molar-refractivity contribution >= 4 is 23.2 Å². The number of carbonyl (C=O) groups is 2. The van der Waals surface area contributed by atoms with Gasteiger partial charge >= 0.3 is 5.97 Å². The van der Waals surface area contributed by atoms with E-state index in [1.54, 1.807) is 28.4 Å². The predicted octanol–water partition coefficient (Wildman–Crippen LogP) is 2.66. The van der Waals surface area contributed by atoms with Crippen molar-refractivity contribution < 1.29 is 19.4 Å². The molecule has 1 saturated heterocycles. The molecule has 2 aromatic rings. The SMILES string of the molecule is O=C(O)c1cccc(C(=O)N2CCO[C@H](c3ccsc3)C2)c1. The lowest BCUT2D eigenvalue weighted by atomic mass is 10.1. The number of thiophene rings is 1. The molecule has 0 unspecified atom stereocenters. The van der Waals surface area contributed by atoms with Crippen LogP contribution in [0.5, 0.6) is 0 Å². The molecule has 1 aliphatic rings. The zero-order valence-corrected chi connectivity index (χ0v) is 12.6. The van der Waals surface area contributed by atoms with Gasteiger partial charge in [0.25, 0.3) is 5.91 Å². The van der Waals surface area contributed by atoms with Crippen molar-refractivity contribution in [3.8, 4) is 0 Å². The van der Waals surface area contributed by atoms with E-state index in [0.717, 1.165) is 5.56 Å². The van der Waals surface area contributed by atoms with Gasteiger partial charge in [0.2, 0.25) is 0 Å². The first kappa shape index (κ1) is 14.7. The van der Waals surface area contributed by atoms with Gasteiger partial charge in [-0.1, -0.05) is 6.07 Å². The van der Waals surface area contributed by atoms with Crippen LogP contribution in [0.25, 0.3) is 0 Å². The number of benzene rings is 1. The molecule has 1 fully saturated rings. The number of carboxylic acids is 1. The highest BCUT2D eigenvalue weighted by molar-refractivity contribution is 7.07. The minimum absolute atomic E-state index is 0.119. The average molecular weight is 317 g/mol. The summed E-state index contributed by atoms with van der Waals surface area (Å²) in [6.45, 7) is 1.47. The van der Waals surface area contributed by atoms with Crippen LogP contribution in [0.15, 0.2) is 41.1 Å². The van der Waals surface area contributed by atoms with Gasteiger partial charge in [0.05, 0.1) is 18.7 Å². The molecule has 22 heavy (non-hydrogen) atoms. The Labute approximate surface area is 131 Å². The molecule has 5 nitrogen and oxygen atoms in total. The maximum atomic E-state index is 12.6. The number of carbonyl (C=O) groups excluding carboxylic acids is 1. The van der Waals surface area contributed by atoms with Gasteiger partial charge in [0.15, 0.2) is 0 Å². The standard InChI is InChI=1S/C16H15NO4S/c18-15(11-2-1-3-12(8-11)16(19)20)17-5-6-21-14(9-17)13-4-7-22-10-13/h1-4,7-8,10,14H,5-6,9H2,(H,19,20)/t14-/m0/s1. The average Bonchev–Trinajstić information content (AvgIpc) is 3.09. The molecule has 1 aromatic carbocycles. The van der Waals surface area contributed by atoms with Gasteiger partial charge in [-0.05, 0) is 40.6 Å². The van der Waals surface area contributed by atoms with Crippen LogP contribution < -0.4 is 0 Å². The van der Waals surface area contributed by atoms with Crippen molar-refractivity contribution in [1.29, 1.82) is 0 Å². The number of morpholine rings is 1. The fourth-order valence-electron chi connectivity index (χ4n) is 2.46. The molecule has 2 heterocycles. The van der Waals surface area contributed by atoms with Crippen LogP contribution in [0.1, 0.15) is 32.4 Å². The highest BCUT2D eigenvalue weighted by Gasteiger charge is 2.26. The maximum Gasteiger partial charge on any atom is 0.335 e. The molecular weight excluding hydrogens is 302 g/mol. The van der Waals surface area contributed by atoms with Crippen molar-refractivity contribution in [3.63, 3.8) is 0 Å². The lowest BCUT2D eigenvalue weighted by molar-refractivity contribution is -0.0226. The van der Waals surface area contributed by atoms with Crippen LogP contribution in [-0.4, -0.2) is 41.6 Å². The van der Waals surface area contributed by atoms with E-state index in [9.17, 15) is 9.59 Å². The van der Waals surface area contributed by atoms with E-state index in [2.05, 4.69) is 0 Å². The van der Waals surface area contributed by atoms with Crippen LogP contribution in [-0.2, 0) is 4.74 Å². The Kier molecular flexibility index (Phi) is 4.22. The molecule has 1 aliphatic heterocycles. The third-order valence-electron chi connectivity index (χ3n) is 3.63. The van der Waals surface area contributed by atoms with E-state index in [0.29, 0.717) is 25.3 Å². The number of nitrogens with zero attached hydrogens (tertiary/aromatic N) is 1. The monoisotopic (exact) mass is 317 g/mol. The highest BCUT2D eigenvalue weighted by Crippen LogP contribution is 2.25. The van der Waals surface area contributed by atoms with Crippen LogP contribution in [0.2, 0.25) is 0 Å². The molecule has 114 valence electrons. The second-order valence-corrected chi connectivity index (χ2v) is 5.83. The van der Waals surface area contributed by atoms with Crippen molar-refractivity contribution in [3.05, 3.63) is 57.8 Å². The zero-order valence-electron chi connectivity index (χ0n) is 11.8. The number of amides is 1. The normalized spacial score (nSPS) is 18.2. The number of rotatable bonds is 3.